The fourth-order valence-corrected chi connectivity index (χ4v) is 5.33. The Labute approximate surface area is 169 Å². The van der Waals surface area contributed by atoms with E-state index in [0.29, 0.717) is 30.4 Å². The normalized spacial score (nSPS) is 25.8. The Hall–Kier alpha value is -2.33. The summed E-state index contributed by atoms with van der Waals surface area (Å²) in [6.07, 6.45) is 2.78. The fraction of sp³-hybridized carbons (Fsp3) is 0.444. The van der Waals surface area contributed by atoms with Gasteiger partial charge in [0.25, 0.3) is 5.91 Å². The Morgan fingerprint density at radius 3 is 2.93 bits per heavy atom. The van der Waals surface area contributed by atoms with E-state index in [0.717, 1.165) is 17.7 Å². The summed E-state index contributed by atoms with van der Waals surface area (Å²) < 4.78 is 5.49. The number of amides is 2. The number of β-lactam (4-membered cyclic amide) rings is 1. The molecule has 0 aromatic carbocycles. The summed E-state index contributed by atoms with van der Waals surface area (Å²) in [7, 11) is 0. The Kier molecular flexibility index (Phi) is 5.40. The quantitative estimate of drug-likeness (QED) is 0.699. The van der Waals surface area contributed by atoms with Crippen molar-refractivity contribution in [3.8, 4) is 0 Å². The van der Waals surface area contributed by atoms with E-state index in [4.69, 9.17) is 4.74 Å². The van der Waals surface area contributed by atoms with Gasteiger partial charge in [-0.25, -0.2) is 9.79 Å². The van der Waals surface area contributed by atoms with Crippen LogP contribution in [0.3, 0.4) is 0 Å². The molecule has 4 rings (SSSR count). The van der Waals surface area contributed by atoms with Crippen LogP contribution in [0, 0.1) is 0 Å². The van der Waals surface area contributed by atoms with Gasteiger partial charge < -0.3 is 15.2 Å². The highest BCUT2D eigenvalue weighted by molar-refractivity contribution is 8.00. The number of fused-ring (bicyclic) bond motifs is 1. The van der Waals surface area contributed by atoms with Crippen molar-refractivity contribution < 1.29 is 24.2 Å². The number of aliphatic carboxylic acids is 1. The summed E-state index contributed by atoms with van der Waals surface area (Å²) in [5.41, 5.74) is 0.224. The van der Waals surface area contributed by atoms with Crippen molar-refractivity contribution in [1.29, 1.82) is 0 Å². The van der Waals surface area contributed by atoms with Crippen molar-refractivity contribution in [2.24, 2.45) is 4.99 Å². The predicted octanol–water partition coefficient (Wildman–Crippen LogP) is 1.59. The zero-order valence-corrected chi connectivity index (χ0v) is 16.6. The van der Waals surface area contributed by atoms with Gasteiger partial charge in [-0.1, -0.05) is 6.07 Å². The molecule has 0 aliphatic carbocycles. The molecule has 4 heterocycles. The summed E-state index contributed by atoms with van der Waals surface area (Å²) in [5, 5.41) is 13.9. The second-order valence-corrected chi connectivity index (χ2v) is 8.76. The highest BCUT2D eigenvalue weighted by Gasteiger charge is 2.54. The van der Waals surface area contributed by atoms with E-state index in [1.807, 2.05) is 17.5 Å². The predicted molar refractivity (Wildman–Crippen MR) is 105 cm³/mol. The van der Waals surface area contributed by atoms with Crippen molar-refractivity contribution in [3.05, 3.63) is 33.8 Å². The zero-order chi connectivity index (χ0) is 19.7. The number of nitrogens with zero attached hydrogens (tertiary/aromatic N) is 2. The van der Waals surface area contributed by atoms with Gasteiger partial charge in [-0.2, -0.15) is 0 Å². The second-order valence-electron chi connectivity index (χ2n) is 6.62. The van der Waals surface area contributed by atoms with Crippen molar-refractivity contribution in [1.82, 2.24) is 10.2 Å². The van der Waals surface area contributed by atoms with Crippen LogP contribution in [0.1, 0.15) is 24.1 Å². The summed E-state index contributed by atoms with van der Waals surface area (Å²) >= 11 is 2.88. The van der Waals surface area contributed by atoms with E-state index in [2.05, 4.69) is 10.3 Å². The summed E-state index contributed by atoms with van der Waals surface area (Å²) in [5.74, 6) is -0.995. The number of carboxylic acid groups (broad SMARTS) is 1. The highest BCUT2D eigenvalue weighted by atomic mass is 32.2. The number of carboxylic acids is 1. The first-order valence-electron chi connectivity index (χ1n) is 8.98. The number of thiophene rings is 1. The average molecular weight is 422 g/mol. The van der Waals surface area contributed by atoms with Gasteiger partial charge in [0.05, 0.1) is 18.7 Å². The lowest BCUT2D eigenvalue weighted by Gasteiger charge is -2.48. The molecule has 28 heavy (non-hydrogen) atoms. The molecule has 3 aliphatic heterocycles. The van der Waals surface area contributed by atoms with Gasteiger partial charge in [-0.3, -0.25) is 14.5 Å². The molecule has 1 aromatic heterocycles. The highest BCUT2D eigenvalue weighted by Crippen LogP contribution is 2.40. The van der Waals surface area contributed by atoms with E-state index in [1.54, 1.807) is 0 Å². The molecule has 2 amide bonds. The van der Waals surface area contributed by atoms with Crippen molar-refractivity contribution in [2.45, 2.75) is 37.1 Å². The van der Waals surface area contributed by atoms with Gasteiger partial charge in [0, 0.05) is 17.1 Å². The third-order valence-electron chi connectivity index (χ3n) is 4.70. The van der Waals surface area contributed by atoms with Gasteiger partial charge in [0.15, 0.2) is 11.6 Å². The average Bonchev–Trinajstić information content (AvgIpc) is 3.19. The van der Waals surface area contributed by atoms with E-state index < -0.39 is 23.3 Å². The van der Waals surface area contributed by atoms with Crippen molar-refractivity contribution >= 4 is 46.8 Å². The number of hydrogen-bond donors (Lipinski definition) is 2. The number of aliphatic imine (C=N–C) groups is 1. The summed E-state index contributed by atoms with van der Waals surface area (Å²) in [4.78, 5) is 43.2. The van der Waals surface area contributed by atoms with Crippen LogP contribution < -0.4 is 5.32 Å². The lowest BCUT2D eigenvalue weighted by Crippen LogP contribution is -2.70. The molecular formula is C18H19N3O5S2. The van der Waals surface area contributed by atoms with Crippen LogP contribution in [0.2, 0.25) is 0 Å². The molecule has 3 aliphatic rings. The van der Waals surface area contributed by atoms with Crippen LogP contribution in [0.25, 0.3) is 0 Å². The van der Waals surface area contributed by atoms with Crippen LogP contribution in [-0.2, 0) is 25.5 Å². The minimum Gasteiger partial charge on any atom is -0.481 e. The van der Waals surface area contributed by atoms with Crippen LogP contribution in [-0.4, -0.2) is 57.5 Å². The second kappa shape index (κ2) is 7.96. The Morgan fingerprint density at radius 1 is 1.39 bits per heavy atom. The minimum absolute atomic E-state index is 0.112. The monoisotopic (exact) mass is 421 g/mol. The molecule has 10 heteroatoms. The van der Waals surface area contributed by atoms with E-state index in [9.17, 15) is 19.5 Å². The maximum Gasteiger partial charge on any atom is 0.354 e. The molecule has 0 bridgehead atoms. The van der Waals surface area contributed by atoms with E-state index >= 15 is 0 Å². The van der Waals surface area contributed by atoms with Gasteiger partial charge >= 0.3 is 5.97 Å². The summed E-state index contributed by atoms with van der Waals surface area (Å²) in [6.45, 7) is 0.575. The van der Waals surface area contributed by atoms with Crippen molar-refractivity contribution in [2.75, 3.05) is 12.4 Å². The van der Waals surface area contributed by atoms with Gasteiger partial charge in [-0.05, 0) is 24.3 Å². The topological polar surface area (TPSA) is 108 Å². The number of nitrogens with one attached hydrogen (secondary N) is 1. The molecule has 0 unspecified atom stereocenters. The molecule has 2 saturated heterocycles. The standard InChI is InChI=1S/C18H19N3O5S2/c22-12(8-10-4-3-7-27-10)20-14-16(23)21-15(18(24)25)11(9-28-17(14)21)19-13-5-1-2-6-26-13/h3-4,7,14,17H,1-2,5-6,8-9H2,(H,20,22)(H,24,25)/t14-,17+/m1/s1. The van der Waals surface area contributed by atoms with Gasteiger partial charge in [0.1, 0.15) is 11.4 Å². The Bertz CT molecular complexity index is 857. The number of rotatable bonds is 5. The smallest absolute Gasteiger partial charge is 0.354 e. The first-order valence-corrected chi connectivity index (χ1v) is 10.9. The SMILES string of the molecule is O=C(Cc1cccs1)N[C@@H]1C(=O)N2C(C(=O)O)=C(N=C3CCCCO3)CS[C@@H]12. The van der Waals surface area contributed by atoms with Gasteiger partial charge in [0.2, 0.25) is 5.91 Å². The Morgan fingerprint density at radius 2 is 2.25 bits per heavy atom. The van der Waals surface area contributed by atoms with Crippen LogP contribution >= 0.6 is 23.1 Å². The third kappa shape index (κ3) is 3.66. The molecule has 0 saturated carbocycles. The largest absolute Gasteiger partial charge is 0.481 e. The molecule has 2 fully saturated rings. The Balaban J connectivity index is 1.49. The number of hydrogen-bond acceptors (Lipinski definition) is 7. The first kappa shape index (κ1) is 19.0. The zero-order valence-electron chi connectivity index (χ0n) is 14.9. The van der Waals surface area contributed by atoms with Gasteiger partial charge in [-0.15, -0.1) is 23.1 Å². The number of carbonyl (C=O) groups is 3. The molecule has 0 radical (unpaired) electrons. The van der Waals surface area contributed by atoms with Crippen molar-refractivity contribution in [3.63, 3.8) is 0 Å². The minimum atomic E-state index is -1.20. The van der Waals surface area contributed by atoms with E-state index in [-0.39, 0.29) is 18.0 Å². The lowest BCUT2D eigenvalue weighted by molar-refractivity contribution is -0.150. The molecular weight excluding hydrogens is 402 g/mol. The summed E-state index contributed by atoms with van der Waals surface area (Å²) in [6, 6.07) is 3.01. The third-order valence-corrected chi connectivity index (χ3v) is 6.84. The maximum atomic E-state index is 12.6. The number of ether oxygens (including phenoxy) is 1. The van der Waals surface area contributed by atoms with Crippen LogP contribution in [0.4, 0.5) is 0 Å². The lowest BCUT2D eigenvalue weighted by atomic mass is 10.0. The van der Waals surface area contributed by atoms with Crippen LogP contribution in [0.5, 0.6) is 0 Å². The molecule has 2 N–H and O–H groups in total. The van der Waals surface area contributed by atoms with E-state index in [1.165, 1.54) is 28.0 Å². The molecule has 8 nitrogen and oxygen atoms in total. The molecule has 0 spiro atoms. The number of thioether (sulfide) groups is 1. The first-order chi connectivity index (χ1) is 13.5. The molecule has 2 atom stereocenters. The maximum absolute atomic E-state index is 12.6. The molecule has 1 aromatic rings. The molecule has 148 valence electrons. The van der Waals surface area contributed by atoms with Crippen LogP contribution in [0.15, 0.2) is 33.9 Å². The fourth-order valence-electron chi connectivity index (χ4n) is 3.36. The number of carbonyl (C=O) groups excluding carboxylic acids is 2.